The van der Waals surface area contributed by atoms with E-state index >= 15 is 0 Å². The van der Waals surface area contributed by atoms with E-state index in [1.54, 1.807) is 0 Å². The highest BCUT2D eigenvalue weighted by molar-refractivity contribution is 5.97. The average molecular weight is 354 g/mol. The summed E-state index contributed by atoms with van der Waals surface area (Å²) in [4.78, 5) is 21.9. The first-order chi connectivity index (χ1) is 12.8. The first-order valence-corrected chi connectivity index (χ1v) is 9.18. The van der Waals surface area contributed by atoms with Crippen LogP contribution >= 0.6 is 0 Å². The first-order valence-electron chi connectivity index (χ1n) is 9.18. The van der Waals surface area contributed by atoms with E-state index in [9.17, 15) is 4.79 Å². The van der Waals surface area contributed by atoms with Crippen molar-refractivity contribution in [1.29, 1.82) is 0 Å². The fourth-order valence-electron chi connectivity index (χ4n) is 3.46. The Morgan fingerprint density at radius 2 is 1.96 bits per heavy atom. The van der Waals surface area contributed by atoms with Crippen molar-refractivity contribution in [1.82, 2.24) is 15.5 Å². The molecule has 0 spiro atoms. The number of hydrogen-bond acceptors (Lipinski definition) is 6. The van der Waals surface area contributed by atoms with Gasteiger partial charge in [0.05, 0.1) is 6.42 Å². The third-order valence-corrected chi connectivity index (χ3v) is 4.84. The molecular formula is C19H22N4O3. The molecule has 1 aromatic carbocycles. The molecule has 0 radical (unpaired) electrons. The number of benzene rings is 1. The summed E-state index contributed by atoms with van der Waals surface area (Å²) in [6.45, 7) is 0. The largest absolute Gasteiger partial charge is 0.387 e. The van der Waals surface area contributed by atoms with E-state index in [1.165, 1.54) is 19.3 Å². The maximum Gasteiger partial charge on any atom is 0.275 e. The van der Waals surface area contributed by atoms with Gasteiger partial charge < -0.3 is 14.7 Å². The van der Waals surface area contributed by atoms with Crippen molar-refractivity contribution in [3.8, 4) is 0 Å². The van der Waals surface area contributed by atoms with Crippen LogP contribution in [-0.2, 0) is 16.1 Å². The molecule has 4 rings (SSSR count). The first kappa shape index (κ1) is 16.8. The van der Waals surface area contributed by atoms with Gasteiger partial charge >= 0.3 is 0 Å². The van der Waals surface area contributed by atoms with E-state index in [0.29, 0.717) is 23.8 Å². The van der Waals surface area contributed by atoms with Crippen LogP contribution in [0.15, 0.2) is 40.0 Å². The van der Waals surface area contributed by atoms with Crippen LogP contribution in [0, 0.1) is 0 Å². The molecule has 1 unspecified atom stereocenters. The van der Waals surface area contributed by atoms with Crippen LogP contribution in [0.25, 0.3) is 0 Å². The second-order valence-electron chi connectivity index (χ2n) is 6.84. The Bertz CT molecular complexity index is 781. The van der Waals surface area contributed by atoms with Crippen LogP contribution in [-0.4, -0.2) is 27.8 Å². The minimum atomic E-state index is -0.142. The number of rotatable bonds is 5. The molecule has 2 aromatic rings. The van der Waals surface area contributed by atoms with Gasteiger partial charge in [-0.1, -0.05) is 59.9 Å². The number of nitrogens with zero attached hydrogens (tertiary/aromatic N) is 3. The zero-order valence-corrected chi connectivity index (χ0v) is 14.6. The molecule has 1 amide bonds. The van der Waals surface area contributed by atoms with Gasteiger partial charge in [-0.25, -0.2) is 0 Å². The van der Waals surface area contributed by atoms with Crippen LogP contribution < -0.4 is 5.32 Å². The topological polar surface area (TPSA) is 89.6 Å². The van der Waals surface area contributed by atoms with Crippen molar-refractivity contribution in [3.05, 3.63) is 47.6 Å². The van der Waals surface area contributed by atoms with Gasteiger partial charge in [-0.15, -0.1) is 0 Å². The van der Waals surface area contributed by atoms with Gasteiger partial charge in [-0.3, -0.25) is 4.79 Å². The summed E-state index contributed by atoms with van der Waals surface area (Å²) in [6.07, 6.45) is 6.28. The molecule has 0 saturated heterocycles. The van der Waals surface area contributed by atoms with Gasteiger partial charge in [0.15, 0.2) is 11.9 Å². The number of amides is 1. The van der Waals surface area contributed by atoms with Gasteiger partial charge in [0, 0.05) is 12.5 Å². The van der Waals surface area contributed by atoms with Crippen molar-refractivity contribution in [2.75, 3.05) is 0 Å². The molecule has 1 aromatic heterocycles. The Morgan fingerprint density at radius 1 is 1.15 bits per heavy atom. The van der Waals surface area contributed by atoms with Crippen LogP contribution in [0.1, 0.15) is 61.9 Å². The molecule has 1 atom stereocenters. The lowest BCUT2D eigenvalue weighted by molar-refractivity contribution is -0.121. The monoisotopic (exact) mass is 354 g/mol. The summed E-state index contributed by atoms with van der Waals surface area (Å²) in [5.74, 6) is 0.638. The van der Waals surface area contributed by atoms with Crippen molar-refractivity contribution in [2.45, 2.75) is 57.1 Å². The predicted octanol–water partition coefficient (Wildman–Crippen LogP) is 2.93. The maximum absolute atomic E-state index is 12.2. The molecule has 26 heavy (non-hydrogen) atoms. The third kappa shape index (κ3) is 3.92. The van der Waals surface area contributed by atoms with Crippen molar-refractivity contribution in [3.63, 3.8) is 0 Å². The Morgan fingerprint density at radius 3 is 2.77 bits per heavy atom. The molecule has 7 nitrogen and oxygen atoms in total. The lowest BCUT2D eigenvalue weighted by Crippen LogP contribution is -2.37. The number of carbonyl (C=O) groups is 1. The third-order valence-electron chi connectivity index (χ3n) is 4.84. The number of oxime groups is 1. The summed E-state index contributed by atoms with van der Waals surface area (Å²) >= 11 is 0. The number of carbonyl (C=O) groups excluding carboxylic acids is 1. The fraction of sp³-hybridized carbons (Fsp3) is 0.474. The zero-order valence-electron chi connectivity index (χ0n) is 14.6. The highest BCUT2D eigenvalue weighted by Gasteiger charge is 2.27. The highest BCUT2D eigenvalue weighted by Crippen LogP contribution is 2.28. The molecule has 1 aliphatic heterocycles. The molecule has 7 heteroatoms. The Balaban J connectivity index is 1.32. The molecule has 2 heterocycles. The molecule has 136 valence electrons. The SMILES string of the molecule is O=C(Cc1noc(C2=NOC(c3ccccc3)C2)n1)NC1CCCCC1. The van der Waals surface area contributed by atoms with Gasteiger partial charge in [0.1, 0.15) is 5.71 Å². The number of nitrogens with one attached hydrogen (secondary N) is 1. The fourth-order valence-corrected chi connectivity index (χ4v) is 3.46. The van der Waals surface area contributed by atoms with Crippen molar-refractivity contribution < 1.29 is 14.2 Å². The maximum atomic E-state index is 12.2. The van der Waals surface area contributed by atoms with Gasteiger partial charge in [-0.2, -0.15) is 4.98 Å². The predicted molar refractivity (Wildman–Crippen MR) is 94.4 cm³/mol. The van der Waals surface area contributed by atoms with E-state index in [4.69, 9.17) is 9.36 Å². The zero-order chi connectivity index (χ0) is 17.8. The van der Waals surface area contributed by atoms with E-state index in [2.05, 4.69) is 20.6 Å². The second-order valence-corrected chi connectivity index (χ2v) is 6.84. The number of aromatic nitrogens is 2. The normalized spacial score (nSPS) is 20.5. The molecule has 1 fully saturated rings. The van der Waals surface area contributed by atoms with Crippen molar-refractivity contribution in [2.24, 2.45) is 5.16 Å². The Labute approximate surface area is 151 Å². The smallest absolute Gasteiger partial charge is 0.275 e. The summed E-state index contributed by atoms with van der Waals surface area (Å²) in [5, 5.41) is 11.0. The second kappa shape index (κ2) is 7.68. The standard InChI is InChI=1S/C19H22N4O3/c24-18(20-14-9-5-2-6-10-14)12-17-21-19(26-23-17)15-11-16(25-22-15)13-7-3-1-4-8-13/h1,3-4,7-8,14,16H,2,5-6,9-12H2,(H,20,24). The van der Waals surface area contributed by atoms with Gasteiger partial charge in [0.25, 0.3) is 5.89 Å². The van der Waals surface area contributed by atoms with Crippen molar-refractivity contribution >= 4 is 11.6 Å². The summed E-state index contributed by atoms with van der Waals surface area (Å²) in [7, 11) is 0. The minimum absolute atomic E-state index is 0.0592. The van der Waals surface area contributed by atoms with E-state index in [0.717, 1.165) is 18.4 Å². The summed E-state index contributed by atoms with van der Waals surface area (Å²) < 4.78 is 5.27. The average Bonchev–Trinajstić information content (AvgIpc) is 3.32. The van der Waals surface area contributed by atoms with Gasteiger partial charge in [0.2, 0.25) is 5.91 Å². The summed E-state index contributed by atoms with van der Waals surface area (Å²) in [6, 6.07) is 10.2. The molecule has 1 aliphatic carbocycles. The Kier molecular flexibility index (Phi) is 4.95. The molecule has 1 N–H and O–H groups in total. The highest BCUT2D eigenvalue weighted by atomic mass is 16.6. The molecule has 2 aliphatic rings. The molecular weight excluding hydrogens is 332 g/mol. The van der Waals surface area contributed by atoms with Crippen LogP contribution in [0.4, 0.5) is 0 Å². The molecule has 1 saturated carbocycles. The summed E-state index contributed by atoms with van der Waals surface area (Å²) in [5.41, 5.74) is 1.67. The lowest BCUT2D eigenvalue weighted by Gasteiger charge is -2.22. The van der Waals surface area contributed by atoms with Crippen LogP contribution in [0.2, 0.25) is 0 Å². The minimum Gasteiger partial charge on any atom is -0.387 e. The van der Waals surface area contributed by atoms with E-state index in [-0.39, 0.29) is 24.5 Å². The quantitative estimate of drug-likeness (QED) is 0.892. The lowest BCUT2D eigenvalue weighted by atomic mass is 9.95. The van der Waals surface area contributed by atoms with Crippen LogP contribution in [0.5, 0.6) is 0 Å². The van der Waals surface area contributed by atoms with Gasteiger partial charge in [-0.05, 0) is 18.4 Å². The van der Waals surface area contributed by atoms with E-state index in [1.807, 2.05) is 30.3 Å². The molecule has 0 bridgehead atoms. The van der Waals surface area contributed by atoms with E-state index < -0.39 is 0 Å². The van der Waals surface area contributed by atoms with Crippen LogP contribution in [0.3, 0.4) is 0 Å². The number of hydrogen-bond donors (Lipinski definition) is 1. The Hall–Kier alpha value is -2.70.